The molecule has 7 nitrogen and oxygen atoms in total. The molecule has 1 aromatic heterocycles. The van der Waals surface area contributed by atoms with Gasteiger partial charge in [-0.05, 0) is 18.0 Å². The molecule has 1 saturated heterocycles. The van der Waals surface area contributed by atoms with E-state index >= 15 is 0 Å². The lowest BCUT2D eigenvalue weighted by molar-refractivity contribution is -0.127. The lowest BCUT2D eigenvalue weighted by atomic mass is 10.4. The average molecular weight is 333 g/mol. The molecule has 2 heterocycles. The van der Waals surface area contributed by atoms with Gasteiger partial charge in [0.2, 0.25) is 21.8 Å². The summed E-state index contributed by atoms with van der Waals surface area (Å²) in [6.07, 6.45) is 1.42. The van der Waals surface area contributed by atoms with Crippen LogP contribution in [0.3, 0.4) is 0 Å². The minimum absolute atomic E-state index is 0.0987. The van der Waals surface area contributed by atoms with E-state index in [1.54, 1.807) is 11.0 Å². The van der Waals surface area contributed by atoms with Crippen LogP contribution < -0.4 is 4.74 Å². The molecule has 0 aromatic carbocycles. The van der Waals surface area contributed by atoms with Crippen molar-refractivity contribution >= 4 is 27.5 Å². The van der Waals surface area contributed by atoms with Crippen molar-refractivity contribution in [3.05, 3.63) is 10.9 Å². The quantitative estimate of drug-likeness (QED) is 0.727. The monoisotopic (exact) mass is 333 g/mol. The number of rotatable bonds is 7. The number of hydrogen-bond donors (Lipinski definition) is 0. The van der Waals surface area contributed by atoms with Gasteiger partial charge in [0.15, 0.2) is 0 Å². The number of sulfonamides is 1. The first-order chi connectivity index (χ1) is 9.92. The summed E-state index contributed by atoms with van der Waals surface area (Å²) < 4.78 is 34.7. The van der Waals surface area contributed by atoms with E-state index in [0.717, 1.165) is 24.5 Å². The van der Waals surface area contributed by atoms with Crippen LogP contribution in [-0.4, -0.2) is 61.7 Å². The maximum Gasteiger partial charge on any atom is 0.225 e. The second-order valence-corrected chi connectivity index (χ2v) is 7.86. The van der Waals surface area contributed by atoms with Crippen LogP contribution in [0.4, 0.5) is 0 Å². The highest BCUT2D eigenvalue weighted by Crippen LogP contribution is 2.20. The third-order valence-electron chi connectivity index (χ3n) is 3.40. The van der Waals surface area contributed by atoms with Crippen LogP contribution in [0.5, 0.6) is 5.88 Å². The third kappa shape index (κ3) is 4.14. The fourth-order valence-corrected chi connectivity index (χ4v) is 4.26. The molecule has 2 rings (SSSR count). The summed E-state index contributed by atoms with van der Waals surface area (Å²) in [5.41, 5.74) is 0. The van der Waals surface area contributed by atoms with Gasteiger partial charge in [-0.15, -0.1) is 0 Å². The molecule has 1 fully saturated rings. The molecule has 0 spiro atoms. The minimum Gasteiger partial charge on any atom is -0.480 e. The Hall–Kier alpha value is -1.19. The summed E-state index contributed by atoms with van der Waals surface area (Å²) in [4.78, 5) is 13.8. The van der Waals surface area contributed by atoms with Crippen molar-refractivity contribution in [3.63, 3.8) is 0 Å². The molecule has 0 saturated carbocycles. The molecule has 21 heavy (non-hydrogen) atoms. The van der Waals surface area contributed by atoms with Gasteiger partial charge in [-0.3, -0.25) is 4.79 Å². The van der Waals surface area contributed by atoms with Crippen molar-refractivity contribution in [3.8, 4) is 5.88 Å². The smallest absolute Gasteiger partial charge is 0.225 e. The van der Waals surface area contributed by atoms with Crippen molar-refractivity contribution in [1.82, 2.24) is 13.6 Å². The van der Waals surface area contributed by atoms with Gasteiger partial charge in [0.25, 0.3) is 0 Å². The van der Waals surface area contributed by atoms with Crippen molar-refractivity contribution in [1.29, 1.82) is 0 Å². The second-order valence-electron chi connectivity index (χ2n) is 4.90. The van der Waals surface area contributed by atoms with Crippen LogP contribution >= 0.6 is 11.5 Å². The van der Waals surface area contributed by atoms with E-state index < -0.39 is 10.0 Å². The molecule has 0 atom stereocenters. The van der Waals surface area contributed by atoms with Crippen LogP contribution in [0.1, 0.15) is 17.7 Å². The van der Waals surface area contributed by atoms with Gasteiger partial charge in [-0.1, -0.05) is 0 Å². The van der Waals surface area contributed by atoms with Crippen LogP contribution in [-0.2, 0) is 20.6 Å². The number of carbonyl (C=O) groups excluding carboxylic acids is 1. The molecule has 1 aromatic rings. The molecule has 0 aliphatic carbocycles. The van der Waals surface area contributed by atoms with E-state index in [-0.39, 0.29) is 11.7 Å². The Morgan fingerprint density at radius 1 is 1.52 bits per heavy atom. The fraction of sp³-hybridized carbons (Fsp3) is 0.667. The van der Waals surface area contributed by atoms with E-state index in [1.165, 1.54) is 18.5 Å². The predicted molar refractivity (Wildman–Crippen MR) is 79.7 cm³/mol. The number of methoxy groups -OCH3 is 1. The normalized spacial score (nSPS) is 16.0. The van der Waals surface area contributed by atoms with E-state index in [0.29, 0.717) is 30.3 Å². The van der Waals surface area contributed by atoms with Crippen molar-refractivity contribution < 1.29 is 17.9 Å². The Bertz CT molecular complexity index is 599. The van der Waals surface area contributed by atoms with E-state index in [1.807, 2.05) is 0 Å². The Labute approximate surface area is 128 Å². The molecular weight excluding hydrogens is 314 g/mol. The number of ether oxygens (including phenoxy) is 1. The molecule has 1 aliphatic heterocycles. The van der Waals surface area contributed by atoms with Crippen LogP contribution in [0, 0.1) is 0 Å². The lowest BCUT2D eigenvalue weighted by Crippen LogP contribution is -2.37. The van der Waals surface area contributed by atoms with Crippen molar-refractivity contribution in [2.24, 2.45) is 0 Å². The van der Waals surface area contributed by atoms with Crippen molar-refractivity contribution in [2.75, 3.05) is 33.8 Å². The Kier molecular flexibility index (Phi) is 5.17. The number of likely N-dealkylation sites (N-methyl/N-ethyl adjacent to an activating group) is 1. The standard InChI is InChI=1S/C12H19N3O4S2/c1-14(6-7-15-5-3-4-12(15)16)21(17,18)9-10-8-11(19-2)13-20-10/h8H,3-7,9H2,1-2H3. The summed E-state index contributed by atoms with van der Waals surface area (Å²) in [6.45, 7) is 1.48. The summed E-state index contributed by atoms with van der Waals surface area (Å²) >= 11 is 1.12. The summed E-state index contributed by atoms with van der Waals surface area (Å²) in [5.74, 6) is 0.432. The fourth-order valence-electron chi connectivity index (χ4n) is 2.09. The van der Waals surface area contributed by atoms with Gasteiger partial charge in [0.05, 0.1) is 7.11 Å². The molecule has 0 unspecified atom stereocenters. The minimum atomic E-state index is -3.41. The van der Waals surface area contributed by atoms with E-state index in [2.05, 4.69) is 4.37 Å². The predicted octanol–water partition coefficient (Wildman–Crippen LogP) is 0.536. The Morgan fingerprint density at radius 2 is 2.29 bits per heavy atom. The van der Waals surface area contributed by atoms with Crippen molar-refractivity contribution in [2.45, 2.75) is 18.6 Å². The summed E-state index contributed by atoms with van der Waals surface area (Å²) in [5, 5.41) is 0. The van der Waals surface area contributed by atoms with E-state index in [4.69, 9.17) is 4.74 Å². The molecule has 118 valence electrons. The topological polar surface area (TPSA) is 79.8 Å². The first-order valence-corrected chi connectivity index (χ1v) is 9.02. The molecular formula is C12H19N3O4S2. The zero-order valence-corrected chi connectivity index (χ0v) is 13.7. The number of aromatic nitrogens is 1. The SMILES string of the molecule is COc1cc(CS(=O)(=O)N(C)CCN2CCCC2=O)sn1. The molecule has 1 aliphatic rings. The third-order valence-corrected chi connectivity index (χ3v) is 6.16. The zero-order chi connectivity index (χ0) is 15.5. The summed E-state index contributed by atoms with van der Waals surface area (Å²) in [7, 11) is -0.379. The van der Waals surface area contributed by atoms with Gasteiger partial charge < -0.3 is 9.64 Å². The number of carbonyl (C=O) groups is 1. The zero-order valence-electron chi connectivity index (χ0n) is 12.1. The van der Waals surface area contributed by atoms with Gasteiger partial charge in [-0.25, -0.2) is 12.7 Å². The van der Waals surface area contributed by atoms with Crippen LogP contribution in [0.2, 0.25) is 0 Å². The highest BCUT2D eigenvalue weighted by Gasteiger charge is 2.24. The lowest BCUT2D eigenvalue weighted by Gasteiger charge is -2.21. The number of nitrogens with zero attached hydrogens (tertiary/aromatic N) is 3. The molecule has 0 N–H and O–H groups in total. The first kappa shape index (κ1) is 16.2. The maximum absolute atomic E-state index is 12.2. The van der Waals surface area contributed by atoms with Crippen LogP contribution in [0.25, 0.3) is 0 Å². The number of likely N-dealkylation sites (tertiary alicyclic amines) is 1. The number of amides is 1. The average Bonchev–Trinajstić information content (AvgIpc) is 3.04. The van der Waals surface area contributed by atoms with Gasteiger partial charge in [-0.2, -0.15) is 4.37 Å². The summed E-state index contributed by atoms with van der Waals surface area (Å²) in [6, 6.07) is 1.63. The molecule has 0 radical (unpaired) electrons. The van der Waals surface area contributed by atoms with Gasteiger partial charge in [0.1, 0.15) is 5.75 Å². The van der Waals surface area contributed by atoms with E-state index in [9.17, 15) is 13.2 Å². The highest BCUT2D eigenvalue weighted by atomic mass is 32.2. The maximum atomic E-state index is 12.2. The molecule has 1 amide bonds. The highest BCUT2D eigenvalue weighted by molar-refractivity contribution is 7.88. The Balaban J connectivity index is 1.90. The number of hydrogen-bond acceptors (Lipinski definition) is 6. The van der Waals surface area contributed by atoms with Gasteiger partial charge >= 0.3 is 0 Å². The van der Waals surface area contributed by atoms with Gasteiger partial charge in [0, 0.05) is 44.0 Å². The second kappa shape index (κ2) is 6.71. The molecule has 9 heteroatoms. The molecule has 0 bridgehead atoms. The largest absolute Gasteiger partial charge is 0.480 e. The van der Waals surface area contributed by atoms with Crippen LogP contribution in [0.15, 0.2) is 6.07 Å². The first-order valence-electron chi connectivity index (χ1n) is 6.64. The Morgan fingerprint density at radius 3 is 2.86 bits per heavy atom.